The van der Waals surface area contributed by atoms with Gasteiger partial charge in [-0.1, -0.05) is 18.2 Å². The second-order valence-electron chi connectivity index (χ2n) is 5.05. The van der Waals surface area contributed by atoms with E-state index in [4.69, 9.17) is 0 Å². The number of amides is 1. The summed E-state index contributed by atoms with van der Waals surface area (Å²) in [6.45, 7) is 1.10. The second kappa shape index (κ2) is 4.66. The fourth-order valence-electron chi connectivity index (χ4n) is 2.91. The van der Waals surface area contributed by atoms with E-state index in [0.29, 0.717) is 0 Å². The van der Waals surface area contributed by atoms with Crippen LogP contribution in [0.5, 0.6) is 0 Å². The monoisotopic (exact) mass is 260 g/mol. The molecular weight excluding hydrogens is 244 g/mol. The molecule has 5 nitrogen and oxygen atoms in total. The molecule has 2 N–H and O–H groups in total. The van der Waals surface area contributed by atoms with Crippen molar-refractivity contribution in [3.63, 3.8) is 0 Å². The van der Waals surface area contributed by atoms with Gasteiger partial charge in [-0.05, 0) is 31.0 Å². The number of fused-ring (bicyclic) bond motifs is 1. The predicted octanol–water partition coefficient (Wildman–Crippen LogP) is 0.953. The van der Waals surface area contributed by atoms with Gasteiger partial charge < -0.3 is 15.3 Å². The molecule has 3 rings (SSSR count). The van der Waals surface area contributed by atoms with Gasteiger partial charge >= 0.3 is 5.97 Å². The van der Waals surface area contributed by atoms with Gasteiger partial charge in [-0.2, -0.15) is 0 Å². The molecule has 0 bridgehead atoms. The zero-order valence-electron chi connectivity index (χ0n) is 10.5. The lowest BCUT2D eigenvalue weighted by Gasteiger charge is -2.21. The number of nitrogens with zero attached hydrogens (tertiary/aromatic N) is 1. The van der Waals surface area contributed by atoms with Crippen LogP contribution in [0.1, 0.15) is 24.3 Å². The first-order chi connectivity index (χ1) is 9.18. The van der Waals surface area contributed by atoms with E-state index in [1.807, 2.05) is 18.2 Å². The van der Waals surface area contributed by atoms with E-state index in [9.17, 15) is 14.7 Å². The van der Waals surface area contributed by atoms with Gasteiger partial charge in [-0.15, -0.1) is 0 Å². The Hall–Kier alpha value is -1.88. The van der Waals surface area contributed by atoms with Gasteiger partial charge in [0.25, 0.3) is 0 Å². The summed E-state index contributed by atoms with van der Waals surface area (Å²) in [5, 5.41) is 12.4. The van der Waals surface area contributed by atoms with Gasteiger partial charge in [0.1, 0.15) is 5.92 Å². The van der Waals surface area contributed by atoms with E-state index in [1.165, 1.54) is 0 Å². The predicted molar refractivity (Wildman–Crippen MR) is 70.2 cm³/mol. The maximum Gasteiger partial charge on any atom is 0.312 e. The van der Waals surface area contributed by atoms with Crippen molar-refractivity contribution in [2.75, 3.05) is 18.0 Å². The van der Waals surface area contributed by atoms with Crippen molar-refractivity contribution in [3.8, 4) is 0 Å². The number of nitrogens with one attached hydrogen (secondary N) is 1. The Kier molecular flexibility index (Phi) is 2.98. The quantitative estimate of drug-likeness (QED) is 0.830. The van der Waals surface area contributed by atoms with E-state index in [1.54, 1.807) is 11.0 Å². The highest BCUT2D eigenvalue weighted by atomic mass is 16.4. The average molecular weight is 260 g/mol. The maximum atomic E-state index is 12.4. The molecule has 0 spiro atoms. The minimum absolute atomic E-state index is 0.00583. The number of rotatable bonds is 2. The third-order valence-electron chi connectivity index (χ3n) is 3.89. The van der Waals surface area contributed by atoms with Crippen molar-refractivity contribution < 1.29 is 14.7 Å². The Bertz CT molecular complexity index is 523. The summed E-state index contributed by atoms with van der Waals surface area (Å²) < 4.78 is 0. The van der Waals surface area contributed by atoms with Crippen molar-refractivity contribution >= 4 is 17.6 Å². The Morgan fingerprint density at radius 2 is 2.11 bits per heavy atom. The van der Waals surface area contributed by atoms with Crippen LogP contribution < -0.4 is 10.2 Å². The molecule has 1 aromatic carbocycles. The molecule has 0 aliphatic carbocycles. The van der Waals surface area contributed by atoms with Crippen LogP contribution in [0.4, 0.5) is 5.69 Å². The highest BCUT2D eigenvalue weighted by Crippen LogP contribution is 2.36. The molecule has 2 atom stereocenters. The van der Waals surface area contributed by atoms with E-state index in [0.717, 1.165) is 30.6 Å². The Labute approximate surface area is 111 Å². The second-order valence-corrected chi connectivity index (χ2v) is 5.05. The first kappa shape index (κ1) is 12.2. The van der Waals surface area contributed by atoms with Crippen LogP contribution in [0.15, 0.2) is 24.3 Å². The average Bonchev–Trinajstić information content (AvgIpc) is 3.05. The van der Waals surface area contributed by atoms with Crippen LogP contribution in [0, 0.1) is 0 Å². The zero-order chi connectivity index (χ0) is 13.4. The highest BCUT2D eigenvalue weighted by molar-refractivity contribution is 6.01. The molecule has 0 radical (unpaired) electrons. The standard InChI is InChI=1S/C14H16N2O3/c17-13(11-5-3-7-15-11)16-8-10(14(18)19)9-4-1-2-6-12(9)16/h1-2,4,6,10-11,15H,3,5,7-8H2,(H,18,19)/t10?,11-/m0/s1. The number of carbonyl (C=O) groups excluding carboxylic acids is 1. The summed E-state index contributed by atoms with van der Waals surface area (Å²) >= 11 is 0. The number of carboxylic acids is 1. The normalized spacial score (nSPS) is 25.4. The third kappa shape index (κ3) is 2.00. The van der Waals surface area contributed by atoms with Crippen molar-refractivity contribution in [2.24, 2.45) is 0 Å². The van der Waals surface area contributed by atoms with Gasteiger partial charge in [-0.25, -0.2) is 0 Å². The van der Waals surface area contributed by atoms with Gasteiger partial charge in [0, 0.05) is 12.2 Å². The molecule has 1 amide bonds. The van der Waals surface area contributed by atoms with Gasteiger partial charge in [-0.3, -0.25) is 9.59 Å². The van der Waals surface area contributed by atoms with Crippen LogP contribution in [0.25, 0.3) is 0 Å². The number of anilines is 1. The summed E-state index contributed by atoms with van der Waals surface area (Å²) in [5.41, 5.74) is 1.48. The van der Waals surface area contributed by atoms with Crippen molar-refractivity contribution in [1.29, 1.82) is 0 Å². The van der Waals surface area contributed by atoms with Crippen LogP contribution >= 0.6 is 0 Å². The topological polar surface area (TPSA) is 69.6 Å². The molecule has 1 saturated heterocycles. The minimum Gasteiger partial charge on any atom is -0.481 e. The Morgan fingerprint density at radius 3 is 2.79 bits per heavy atom. The molecule has 1 unspecified atom stereocenters. The molecule has 100 valence electrons. The SMILES string of the molecule is O=C(O)C1CN(C(=O)[C@@H]2CCCN2)c2ccccc21. The fourth-order valence-corrected chi connectivity index (χ4v) is 2.91. The molecule has 2 aliphatic rings. The molecule has 5 heteroatoms. The molecule has 1 fully saturated rings. The van der Waals surface area contributed by atoms with Crippen LogP contribution in [-0.2, 0) is 9.59 Å². The number of carbonyl (C=O) groups is 2. The maximum absolute atomic E-state index is 12.4. The van der Waals surface area contributed by atoms with Crippen LogP contribution in [-0.4, -0.2) is 36.1 Å². The fraction of sp³-hybridized carbons (Fsp3) is 0.429. The molecule has 0 aromatic heterocycles. The highest BCUT2D eigenvalue weighted by Gasteiger charge is 2.38. The number of hydrogen-bond acceptors (Lipinski definition) is 3. The van der Waals surface area contributed by atoms with Gasteiger partial charge in [0.15, 0.2) is 0 Å². The summed E-state index contributed by atoms with van der Waals surface area (Å²) in [6.07, 6.45) is 1.82. The van der Waals surface area contributed by atoms with Crippen molar-refractivity contribution in [2.45, 2.75) is 24.8 Å². The first-order valence-corrected chi connectivity index (χ1v) is 6.55. The smallest absolute Gasteiger partial charge is 0.312 e. The largest absolute Gasteiger partial charge is 0.481 e. The van der Waals surface area contributed by atoms with E-state index in [2.05, 4.69) is 5.32 Å². The van der Waals surface area contributed by atoms with E-state index >= 15 is 0 Å². The molecule has 2 heterocycles. The first-order valence-electron chi connectivity index (χ1n) is 6.55. The number of carboxylic acid groups (broad SMARTS) is 1. The summed E-state index contributed by atoms with van der Waals surface area (Å²) in [5.74, 6) is -1.49. The number of para-hydroxylation sites is 1. The minimum atomic E-state index is -0.873. The van der Waals surface area contributed by atoms with Crippen molar-refractivity contribution in [1.82, 2.24) is 5.32 Å². The molecular formula is C14H16N2O3. The molecule has 0 saturated carbocycles. The summed E-state index contributed by atoms with van der Waals surface area (Å²) in [4.78, 5) is 25.4. The van der Waals surface area contributed by atoms with Gasteiger partial charge in [0.05, 0.1) is 6.04 Å². The molecule has 19 heavy (non-hydrogen) atoms. The van der Waals surface area contributed by atoms with Gasteiger partial charge in [0.2, 0.25) is 5.91 Å². The number of hydrogen-bond donors (Lipinski definition) is 2. The molecule has 1 aromatic rings. The Morgan fingerprint density at radius 1 is 1.32 bits per heavy atom. The van der Waals surface area contributed by atoms with Crippen molar-refractivity contribution in [3.05, 3.63) is 29.8 Å². The van der Waals surface area contributed by atoms with E-state index in [-0.39, 0.29) is 18.5 Å². The third-order valence-corrected chi connectivity index (χ3v) is 3.89. The number of aliphatic carboxylic acids is 1. The van der Waals surface area contributed by atoms with Crippen LogP contribution in [0.3, 0.4) is 0 Å². The Balaban J connectivity index is 1.91. The zero-order valence-corrected chi connectivity index (χ0v) is 10.5. The lowest BCUT2D eigenvalue weighted by Crippen LogP contribution is -2.43. The number of benzene rings is 1. The van der Waals surface area contributed by atoms with Crippen LogP contribution in [0.2, 0.25) is 0 Å². The summed E-state index contributed by atoms with van der Waals surface area (Å²) in [7, 11) is 0. The lowest BCUT2D eigenvalue weighted by molar-refractivity contribution is -0.138. The molecule has 2 aliphatic heterocycles. The lowest BCUT2D eigenvalue weighted by atomic mass is 10.0. The van der Waals surface area contributed by atoms with E-state index < -0.39 is 11.9 Å². The summed E-state index contributed by atoms with van der Waals surface area (Å²) in [6, 6.07) is 7.11.